The van der Waals surface area contributed by atoms with Gasteiger partial charge in [0.2, 0.25) is 0 Å². The fraction of sp³-hybridized carbons (Fsp3) is 0.312. The Labute approximate surface area is 124 Å². The van der Waals surface area contributed by atoms with Gasteiger partial charge in [0, 0.05) is 37.1 Å². The Morgan fingerprint density at radius 1 is 1.19 bits per heavy atom. The first-order valence-corrected chi connectivity index (χ1v) is 6.93. The molecule has 0 aliphatic heterocycles. The van der Waals surface area contributed by atoms with Crippen molar-refractivity contribution in [3.05, 3.63) is 53.9 Å². The lowest BCUT2D eigenvalue weighted by Crippen LogP contribution is -2.32. The highest BCUT2D eigenvalue weighted by molar-refractivity contribution is 5.41. The predicted octanol–water partition coefficient (Wildman–Crippen LogP) is 1.67. The zero-order chi connectivity index (χ0) is 15.2. The fourth-order valence-corrected chi connectivity index (χ4v) is 2.37. The average molecular weight is 287 g/mol. The number of aromatic nitrogens is 1. The van der Waals surface area contributed by atoms with Crippen molar-refractivity contribution < 1.29 is 10.2 Å². The molecule has 21 heavy (non-hydrogen) atoms. The van der Waals surface area contributed by atoms with Crippen molar-refractivity contribution >= 4 is 0 Å². The summed E-state index contributed by atoms with van der Waals surface area (Å²) >= 11 is 0. The molecule has 2 aromatic rings. The van der Waals surface area contributed by atoms with Crippen molar-refractivity contribution in [2.24, 2.45) is 5.73 Å². The normalized spacial score (nSPS) is 12.5. The van der Waals surface area contributed by atoms with Crippen LogP contribution in [0.1, 0.15) is 17.2 Å². The van der Waals surface area contributed by atoms with Crippen LogP contribution in [-0.2, 0) is 6.42 Å². The van der Waals surface area contributed by atoms with Crippen LogP contribution in [0.3, 0.4) is 0 Å². The highest BCUT2D eigenvalue weighted by Crippen LogP contribution is 2.30. The minimum Gasteiger partial charge on any atom is -0.508 e. The Morgan fingerprint density at radius 3 is 2.52 bits per heavy atom. The molecule has 112 valence electrons. The maximum absolute atomic E-state index is 9.98. The van der Waals surface area contributed by atoms with Crippen molar-refractivity contribution in [2.75, 3.05) is 20.1 Å². The maximum atomic E-state index is 9.98. The summed E-state index contributed by atoms with van der Waals surface area (Å²) in [7, 11) is 1.98. The van der Waals surface area contributed by atoms with Crippen LogP contribution in [0.25, 0.3) is 0 Å². The van der Waals surface area contributed by atoms with Crippen LogP contribution >= 0.6 is 0 Å². The number of nitrogens with two attached hydrogens (primary N) is 1. The molecule has 0 aliphatic rings. The van der Waals surface area contributed by atoms with Crippen LogP contribution < -0.4 is 5.73 Å². The second kappa shape index (κ2) is 7.06. The van der Waals surface area contributed by atoms with E-state index in [2.05, 4.69) is 9.88 Å². The van der Waals surface area contributed by atoms with Crippen LogP contribution in [0.5, 0.6) is 11.5 Å². The van der Waals surface area contributed by atoms with Crippen molar-refractivity contribution in [2.45, 2.75) is 12.5 Å². The largest absolute Gasteiger partial charge is 0.508 e. The fourth-order valence-electron chi connectivity index (χ4n) is 2.37. The van der Waals surface area contributed by atoms with Crippen LogP contribution in [0, 0.1) is 0 Å². The molecule has 0 saturated heterocycles. The number of aromatic hydroxyl groups is 2. The molecule has 0 bridgehead atoms. The van der Waals surface area contributed by atoms with Gasteiger partial charge in [0.05, 0.1) is 6.04 Å². The number of hydrogen-bond donors (Lipinski definition) is 3. The Bertz CT molecular complexity index is 575. The summed E-state index contributed by atoms with van der Waals surface area (Å²) in [5.74, 6) is 0.118. The summed E-state index contributed by atoms with van der Waals surface area (Å²) in [6, 6.07) is 8.51. The zero-order valence-corrected chi connectivity index (χ0v) is 12.1. The molecule has 1 aromatic heterocycles. The summed E-state index contributed by atoms with van der Waals surface area (Å²) in [6.07, 6.45) is 4.44. The highest BCUT2D eigenvalue weighted by Gasteiger charge is 2.18. The molecule has 1 aromatic carbocycles. The van der Waals surface area contributed by atoms with Crippen LogP contribution in [-0.4, -0.2) is 40.2 Å². The molecule has 4 N–H and O–H groups in total. The number of likely N-dealkylation sites (N-methyl/N-ethyl adjacent to an activating group) is 1. The second-order valence-electron chi connectivity index (χ2n) is 5.08. The Morgan fingerprint density at radius 2 is 1.90 bits per heavy atom. The van der Waals surface area contributed by atoms with Gasteiger partial charge in [0.25, 0.3) is 0 Å². The van der Waals surface area contributed by atoms with E-state index in [-0.39, 0.29) is 17.5 Å². The maximum Gasteiger partial charge on any atom is 0.124 e. The molecule has 1 unspecified atom stereocenters. The van der Waals surface area contributed by atoms with Gasteiger partial charge in [-0.05, 0) is 37.2 Å². The quantitative estimate of drug-likeness (QED) is 0.753. The SMILES string of the molecule is CN(CCc1ccncc1)C(CN)c1ccc(O)cc1O. The molecule has 0 aliphatic carbocycles. The molecule has 5 nitrogen and oxygen atoms in total. The Hall–Kier alpha value is -2.11. The smallest absolute Gasteiger partial charge is 0.124 e. The molecule has 0 saturated carbocycles. The molecule has 5 heteroatoms. The van der Waals surface area contributed by atoms with Gasteiger partial charge in [-0.1, -0.05) is 6.07 Å². The monoisotopic (exact) mass is 287 g/mol. The molecule has 0 fully saturated rings. The average Bonchev–Trinajstić information content (AvgIpc) is 2.49. The van der Waals surface area contributed by atoms with Crippen molar-refractivity contribution in [1.82, 2.24) is 9.88 Å². The minimum absolute atomic E-state index is 0.0476. The van der Waals surface area contributed by atoms with Crippen LogP contribution in [0.2, 0.25) is 0 Å². The van der Waals surface area contributed by atoms with Gasteiger partial charge in [0.15, 0.2) is 0 Å². The second-order valence-corrected chi connectivity index (χ2v) is 5.08. The van der Waals surface area contributed by atoms with Gasteiger partial charge in [-0.15, -0.1) is 0 Å². The van der Waals surface area contributed by atoms with E-state index in [1.165, 1.54) is 11.6 Å². The third-order valence-corrected chi connectivity index (χ3v) is 3.63. The minimum atomic E-state index is -0.0903. The summed E-state index contributed by atoms with van der Waals surface area (Å²) < 4.78 is 0. The van der Waals surface area contributed by atoms with Crippen LogP contribution in [0.15, 0.2) is 42.7 Å². The van der Waals surface area contributed by atoms with Gasteiger partial charge in [-0.3, -0.25) is 9.88 Å². The molecule has 1 heterocycles. The van der Waals surface area contributed by atoms with Crippen molar-refractivity contribution in [3.8, 4) is 11.5 Å². The summed E-state index contributed by atoms with van der Waals surface area (Å²) in [4.78, 5) is 6.10. The van der Waals surface area contributed by atoms with E-state index in [1.807, 2.05) is 19.2 Å². The molecule has 0 amide bonds. The van der Waals surface area contributed by atoms with Crippen molar-refractivity contribution in [1.29, 1.82) is 0 Å². The Kier molecular flexibility index (Phi) is 5.14. The van der Waals surface area contributed by atoms with Crippen molar-refractivity contribution in [3.63, 3.8) is 0 Å². The lowest BCUT2D eigenvalue weighted by molar-refractivity contribution is 0.248. The predicted molar refractivity (Wildman–Crippen MR) is 82.1 cm³/mol. The van der Waals surface area contributed by atoms with Gasteiger partial charge in [0.1, 0.15) is 11.5 Å². The number of nitrogens with zero attached hydrogens (tertiary/aromatic N) is 2. The van der Waals surface area contributed by atoms with Gasteiger partial charge in [-0.2, -0.15) is 0 Å². The molecular formula is C16H21N3O2. The summed E-state index contributed by atoms with van der Waals surface area (Å²) in [6.45, 7) is 1.21. The first-order valence-electron chi connectivity index (χ1n) is 6.93. The number of hydrogen-bond acceptors (Lipinski definition) is 5. The standard InChI is InChI=1S/C16H21N3O2/c1-19(9-6-12-4-7-18-8-5-12)15(11-17)14-3-2-13(20)10-16(14)21/h2-5,7-8,10,15,20-21H,6,9,11,17H2,1H3. The first kappa shape index (κ1) is 15.3. The number of pyridine rings is 1. The van der Waals surface area contributed by atoms with E-state index < -0.39 is 0 Å². The molecular weight excluding hydrogens is 266 g/mol. The first-order chi connectivity index (χ1) is 10.1. The van der Waals surface area contributed by atoms with E-state index in [9.17, 15) is 10.2 Å². The lowest BCUT2D eigenvalue weighted by atomic mass is 10.0. The number of phenolic OH excluding ortho intramolecular Hbond substituents is 2. The van der Waals surface area contributed by atoms with Gasteiger partial charge < -0.3 is 15.9 Å². The zero-order valence-electron chi connectivity index (χ0n) is 12.1. The molecule has 1 atom stereocenters. The highest BCUT2D eigenvalue weighted by atomic mass is 16.3. The topological polar surface area (TPSA) is 82.6 Å². The van der Waals surface area contributed by atoms with Gasteiger partial charge in [-0.25, -0.2) is 0 Å². The number of rotatable bonds is 6. The lowest BCUT2D eigenvalue weighted by Gasteiger charge is -2.28. The van der Waals surface area contributed by atoms with Gasteiger partial charge >= 0.3 is 0 Å². The number of phenols is 2. The van der Waals surface area contributed by atoms with E-state index in [1.54, 1.807) is 24.5 Å². The molecule has 0 spiro atoms. The van der Waals surface area contributed by atoms with E-state index in [0.717, 1.165) is 18.5 Å². The molecule has 2 rings (SSSR count). The molecule has 0 radical (unpaired) electrons. The Balaban J connectivity index is 2.06. The van der Waals surface area contributed by atoms with Crippen LogP contribution in [0.4, 0.5) is 0 Å². The summed E-state index contributed by atoms with van der Waals surface area (Å²) in [5.41, 5.74) is 7.80. The summed E-state index contributed by atoms with van der Waals surface area (Å²) in [5, 5.41) is 19.3. The van der Waals surface area contributed by atoms with E-state index >= 15 is 0 Å². The van der Waals surface area contributed by atoms with E-state index in [4.69, 9.17) is 5.73 Å². The number of benzene rings is 1. The third kappa shape index (κ3) is 3.93. The third-order valence-electron chi connectivity index (χ3n) is 3.63. The van der Waals surface area contributed by atoms with E-state index in [0.29, 0.717) is 6.54 Å².